The van der Waals surface area contributed by atoms with Gasteiger partial charge in [0, 0.05) is 22.4 Å². The van der Waals surface area contributed by atoms with Gasteiger partial charge in [-0.15, -0.1) is 11.8 Å². The highest BCUT2D eigenvalue weighted by molar-refractivity contribution is 7.99. The van der Waals surface area contributed by atoms with Crippen LogP contribution >= 0.6 is 11.8 Å². The smallest absolute Gasteiger partial charge is 0.255 e. The van der Waals surface area contributed by atoms with Crippen LogP contribution in [0.1, 0.15) is 41.5 Å². The summed E-state index contributed by atoms with van der Waals surface area (Å²) in [6.45, 7) is 5.69. The second-order valence-corrected chi connectivity index (χ2v) is 7.47. The van der Waals surface area contributed by atoms with Crippen molar-refractivity contribution in [2.75, 3.05) is 11.6 Å². The summed E-state index contributed by atoms with van der Waals surface area (Å²) in [5.41, 5.74) is 5.53. The van der Waals surface area contributed by atoms with Gasteiger partial charge in [-0.1, -0.05) is 6.07 Å². The molecule has 1 heterocycles. The fraction of sp³-hybridized carbons (Fsp3) is 0.438. The van der Waals surface area contributed by atoms with E-state index in [1.54, 1.807) is 18.2 Å². The molecule has 1 fully saturated rings. The van der Waals surface area contributed by atoms with Gasteiger partial charge in [0.25, 0.3) is 5.91 Å². The van der Waals surface area contributed by atoms with Gasteiger partial charge in [-0.2, -0.15) is 0 Å². The SMILES string of the molecule is CC(C)(C)NC(=O)[C@H]1CSCN1C(=O)c1cccc(C(N)=O)c1. The first kappa shape index (κ1) is 17.3. The van der Waals surface area contributed by atoms with Crippen LogP contribution in [0.3, 0.4) is 0 Å². The van der Waals surface area contributed by atoms with Crippen LogP contribution in [0, 0.1) is 0 Å². The first-order valence-corrected chi connectivity index (χ1v) is 8.45. The monoisotopic (exact) mass is 335 g/mol. The summed E-state index contributed by atoms with van der Waals surface area (Å²) in [5.74, 6) is -0.0167. The molecule has 1 saturated heterocycles. The number of hydrogen-bond donors (Lipinski definition) is 2. The third-order valence-electron chi connectivity index (χ3n) is 3.34. The minimum atomic E-state index is -0.586. The van der Waals surface area contributed by atoms with Crippen molar-refractivity contribution in [1.82, 2.24) is 10.2 Å². The number of thioether (sulfide) groups is 1. The van der Waals surface area contributed by atoms with Crippen molar-refractivity contribution in [3.8, 4) is 0 Å². The Morgan fingerprint density at radius 3 is 2.52 bits per heavy atom. The third-order valence-corrected chi connectivity index (χ3v) is 4.35. The maximum absolute atomic E-state index is 12.7. The minimum Gasteiger partial charge on any atom is -0.366 e. The highest BCUT2D eigenvalue weighted by atomic mass is 32.2. The molecule has 6 nitrogen and oxygen atoms in total. The Bertz CT molecular complexity index is 640. The van der Waals surface area contributed by atoms with Gasteiger partial charge in [0.2, 0.25) is 11.8 Å². The van der Waals surface area contributed by atoms with Crippen LogP contribution in [0.15, 0.2) is 24.3 Å². The molecule has 0 aliphatic carbocycles. The summed E-state index contributed by atoms with van der Waals surface area (Å²) < 4.78 is 0. The molecule has 0 aromatic heterocycles. The van der Waals surface area contributed by atoms with Crippen LogP contribution in [-0.2, 0) is 4.79 Å². The lowest BCUT2D eigenvalue weighted by Crippen LogP contribution is -2.52. The topological polar surface area (TPSA) is 92.5 Å². The zero-order chi connectivity index (χ0) is 17.2. The van der Waals surface area contributed by atoms with Crippen molar-refractivity contribution in [2.45, 2.75) is 32.4 Å². The normalized spacial score (nSPS) is 17.9. The zero-order valence-corrected chi connectivity index (χ0v) is 14.3. The molecule has 1 atom stereocenters. The van der Waals surface area contributed by atoms with E-state index in [4.69, 9.17) is 5.73 Å². The number of hydrogen-bond acceptors (Lipinski definition) is 4. The standard InChI is InChI=1S/C16H21N3O3S/c1-16(2,3)18-14(21)12-8-23-9-19(12)15(22)11-6-4-5-10(7-11)13(17)20/h4-7,12H,8-9H2,1-3H3,(H2,17,20)(H,18,21)/t12-/m1/s1. The molecule has 0 unspecified atom stereocenters. The van der Waals surface area contributed by atoms with E-state index in [-0.39, 0.29) is 22.9 Å². The van der Waals surface area contributed by atoms with Crippen molar-refractivity contribution >= 4 is 29.5 Å². The van der Waals surface area contributed by atoms with E-state index in [0.29, 0.717) is 17.2 Å². The Labute approximate surface area is 139 Å². The van der Waals surface area contributed by atoms with E-state index in [9.17, 15) is 14.4 Å². The Kier molecular flexibility index (Phi) is 4.99. The molecule has 1 aliphatic heterocycles. The van der Waals surface area contributed by atoms with Crippen LogP contribution in [0.4, 0.5) is 0 Å². The molecule has 0 spiro atoms. The molecule has 1 aromatic rings. The number of rotatable bonds is 3. The van der Waals surface area contributed by atoms with Crippen molar-refractivity contribution in [2.24, 2.45) is 5.73 Å². The molecule has 3 amide bonds. The largest absolute Gasteiger partial charge is 0.366 e. The quantitative estimate of drug-likeness (QED) is 0.868. The molecule has 23 heavy (non-hydrogen) atoms. The van der Waals surface area contributed by atoms with Gasteiger partial charge >= 0.3 is 0 Å². The van der Waals surface area contributed by atoms with Gasteiger partial charge < -0.3 is 16.0 Å². The van der Waals surface area contributed by atoms with Gasteiger partial charge in [0.15, 0.2) is 0 Å². The Morgan fingerprint density at radius 1 is 1.26 bits per heavy atom. The number of nitrogens with zero attached hydrogens (tertiary/aromatic N) is 1. The number of primary amides is 1. The third kappa shape index (κ3) is 4.25. The van der Waals surface area contributed by atoms with Crippen molar-refractivity contribution in [3.63, 3.8) is 0 Å². The molecule has 0 radical (unpaired) electrons. The molecule has 0 saturated carbocycles. The average Bonchev–Trinajstić information content (AvgIpc) is 2.94. The van der Waals surface area contributed by atoms with Gasteiger partial charge in [-0.05, 0) is 39.0 Å². The molecule has 1 aromatic carbocycles. The lowest BCUT2D eigenvalue weighted by molar-refractivity contribution is -0.125. The number of carbonyl (C=O) groups is 3. The first-order chi connectivity index (χ1) is 10.7. The summed E-state index contributed by atoms with van der Waals surface area (Å²) in [4.78, 5) is 37.9. The maximum Gasteiger partial charge on any atom is 0.255 e. The highest BCUT2D eigenvalue weighted by Gasteiger charge is 2.36. The van der Waals surface area contributed by atoms with E-state index in [1.807, 2.05) is 20.8 Å². The number of carbonyl (C=O) groups excluding carboxylic acids is 3. The number of amides is 3. The van der Waals surface area contributed by atoms with Crippen molar-refractivity contribution in [3.05, 3.63) is 35.4 Å². The van der Waals surface area contributed by atoms with Gasteiger partial charge in [-0.25, -0.2) is 0 Å². The Balaban J connectivity index is 2.19. The minimum absolute atomic E-state index is 0.165. The summed E-state index contributed by atoms with van der Waals surface area (Å²) >= 11 is 1.53. The van der Waals surface area contributed by atoms with E-state index >= 15 is 0 Å². The predicted molar refractivity (Wildman–Crippen MR) is 90.1 cm³/mol. The first-order valence-electron chi connectivity index (χ1n) is 7.29. The van der Waals surface area contributed by atoms with Crippen LogP contribution in [0.2, 0.25) is 0 Å². The molecule has 1 aliphatic rings. The number of benzene rings is 1. The van der Waals surface area contributed by atoms with Crippen LogP contribution in [0.25, 0.3) is 0 Å². The van der Waals surface area contributed by atoms with E-state index < -0.39 is 11.9 Å². The van der Waals surface area contributed by atoms with Crippen LogP contribution in [-0.4, -0.2) is 45.8 Å². The van der Waals surface area contributed by atoms with Gasteiger partial charge in [0.05, 0.1) is 5.88 Å². The molecule has 0 bridgehead atoms. The number of nitrogens with one attached hydrogen (secondary N) is 1. The molecular weight excluding hydrogens is 314 g/mol. The predicted octanol–water partition coefficient (Wildman–Crippen LogP) is 1.22. The summed E-state index contributed by atoms with van der Waals surface area (Å²) in [6, 6.07) is 5.75. The summed E-state index contributed by atoms with van der Waals surface area (Å²) in [5, 5.41) is 2.91. The van der Waals surface area contributed by atoms with E-state index in [0.717, 1.165) is 0 Å². The van der Waals surface area contributed by atoms with Crippen molar-refractivity contribution in [1.29, 1.82) is 0 Å². The summed E-state index contributed by atoms with van der Waals surface area (Å²) in [7, 11) is 0. The Hall–Kier alpha value is -2.02. The molecule has 7 heteroatoms. The fourth-order valence-corrected chi connectivity index (χ4v) is 3.44. The maximum atomic E-state index is 12.7. The van der Waals surface area contributed by atoms with Gasteiger partial charge in [-0.3, -0.25) is 14.4 Å². The fourth-order valence-electron chi connectivity index (χ4n) is 2.28. The molecular formula is C16H21N3O3S. The Morgan fingerprint density at radius 2 is 1.91 bits per heavy atom. The second-order valence-electron chi connectivity index (χ2n) is 6.47. The summed E-state index contributed by atoms with van der Waals surface area (Å²) in [6.07, 6.45) is 0. The van der Waals surface area contributed by atoms with Crippen LogP contribution in [0.5, 0.6) is 0 Å². The molecule has 124 valence electrons. The van der Waals surface area contributed by atoms with Gasteiger partial charge in [0.1, 0.15) is 6.04 Å². The highest BCUT2D eigenvalue weighted by Crippen LogP contribution is 2.24. The van der Waals surface area contributed by atoms with E-state index in [2.05, 4.69) is 5.32 Å². The van der Waals surface area contributed by atoms with E-state index in [1.165, 1.54) is 22.7 Å². The zero-order valence-electron chi connectivity index (χ0n) is 13.5. The molecule has 2 rings (SSSR count). The van der Waals surface area contributed by atoms with Crippen molar-refractivity contribution < 1.29 is 14.4 Å². The second kappa shape index (κ2) is 6.62. The lowest BCUT2D eigenvalue weighted by Gasteiger charge is -2.27. The average molecular weight is 335 g/mol. The molecule has 3 N–H and O–H groups in total. The number of nitrogens with two attached hydrogens (primary N) is 1. The van der Waals surface area contributed by atoms with Crippen LogP contribution < -0.4 is 11.1 Å². The lowest BCUT2D eigenvalue weighted by atomic mass is 10.1.